The van der Waals surface area contributed by atoms with Crippen molar-refractivity contribution in [1.29, 1.82) is 0 Å². The fourth-order valence-electron chi connectivity index (χ4n) is 3.13. The maximum atomic E-state index is 12.7. The van der Waals surface area contributed by atoms with Crippen LogP contribution >= 0.6 is 19.4 Å². The lowest BCUT2D eigenvalue weighted by Crippen LogP contribution is -2.46. The molecule has 2 saturated heterocycles. The minimum Gasteiger partial charge on any atom is -0.382 e. The van der Waals surface area contributed by atoms with Gasteiger partial charge in [0.2, 0.25) is 5.28 Å². The number of halogens is 1. The van der Waals surface area contributed by atoms with Crippen LogP contribution in [0, 0.1) is 12.3 Å². The van der Waals surface area contributed by atoms with Crippen molar-refractivity contribution in [3.63, 3.8) is 0 Å². The molecule has 2 N–H and O–H groups in total. The van der Waals surface area contributed by atoms with Gasteiger partial charge in [0.1, 0.15) is 24.5 Å². The molecule has 27 heavy (non-hydrogen) atoms. The number of terminal acetylenes is 1. The van der Waals surface area contributed by atoms with Gasteiger partial charge >= 0.3 is 7.82 Å². The van der Waals surface area contributed by atoms with E-state index in [0.29, 0.717) is 11.2 Å². The highest BCUT2D eigenvalue weighted by Gasteiger charge is 2.57. The lowest BCUT2D eigenvalue weighted by atomic mass is 9.99. The van der Waals surface area contributed by atoms with Gasteiger partial charge in [0.25, 0.3) is 0 Å². The third-order valence-corrected chi connectivity index (χ3v) is 6.10. The molecule has 2 aromatic heterocycles. The Bertz CT molecular complexity index is 991. The first-order chi connectivity index (χ1) is 12.8. The second-order valence-electron chi connectivity index (χ2n) is 6.51. The summed E-state index contributed by atoms with van der Waals surface area (Å²) in [5.74, 6) is 2.72. The first-order valence-corrected chi connectivity index (χ1v) is 10.0. The van der Waals surface area contributed by atoms with Crippen molar-refractivity contribution in [2.45, 2.75) is 44.3 Å². The zero-order valence-electron chi connectivity index (χ0n) is 14.5. The Morgan fingerprint density at radius 1 is 1.56 bits per heavy atom. The maximum Gasteiger partial charge on any atom is 0.475 e. The number of anilines is 1. The van der Waals surface area contributed by atoms with Crippen LogP contribution in [-0.4, -0.2) is 43.9 Å². The second kappa shape index (κ2) is 6.41. The normalized spacial score (nSPS) is 33.3. The zero-order chi connectivity index (χ0) is 19.4. The molecule has 0 radical (unpaired) electrons. The number of hydrogen-bond acceptors (Lipinski definition) is 9. The van der Waals surface area contributed by atoms with Gasteiger partial charge in [-0.2, -0.15) is 9.97 Å². The molecule has 0 bridgehead atoms. The van der Waals surface area contributed by atoms with Gasteiger partial charge in [0.15, 0.2) is 17.1 Å². The zero-order valence-corrected chi connectivity index (χ0v) is 16.2. The predicted molar refractivity (Wildman–Crippen MR) is 95.7 cm³/mol. The number of fused-ring (bicyclic) bond motifs is 2. The molecule has 0 aliphatic carbocycles. The van der Waals surface area contributed by atoms with Crippen molar-refractivity contribution in [2.75, 3.05) is 12.3 Å². The monoisotopic (exact) mass is 413 g/mol. The topological polar surface area (TPSA) is 124 Å². The summed E-state index contributed by atoms with van der Waals surface area (Å²) in [6.45, 7) is 3.34. The maximum absolute atomic E-state index is 12.7. The molecule has 2 fully saturated rings. The number of imidazole rings is 1. The van der Waals surface area contributed by atoms with Gasteiger partial charge in [0, 0.05) is 6.42 Å². The van der Waals surface area contributed by atoms with E-state index in [4.69, 9.17) is 42.1 Å². The van der Waals surface area contributed by atoms with E-state index in [1.807, 2.05) is 0 Å². The van der Waals surface area contributed by atoms with Crippen LogP contribution in [0.1, 0.15) is 26.5 Å². The Hall–Kier alpha value is -1.73. The Kier molecular flexibility index (Phi) is 4.42. The van der Waals surface area contributed by atoms with Crippen molar-refractivity contribution in [3.8, 4) is 12.3 Å². The molecule has 2 aromatic rings. The SMILES string of the molecule is C#C[C@@]12CO[P@](=O)(OC(C)C)O[C@H]1C[C@H](n1cnc3c(N)nc(Cl)nc31)O2. The third kappa shape index (κ3) is 3.10. The molecule has 0 unspecified atom stereocenters. The predicted octanol–water partition coefficient (Wildman–Crippen LogP) is 2.30. The summed E-state index contributed by atoms with van der Waals surface area (Å²) < 4.78 is 36.6. The van der Waals surface area contributed by atoms with Crippen LogP contribution in [0.15, 0.2) is 6.33 Å². The number of phosphoric ester groups is 1. The number of hydrogen-bond donors (Lipinski definition) is 1. The fraction of sp³-hybridized carbons (Fsp3) is 0.533. The van der Waals surface area contributed by atoms with E-state index in [2.05, 4.69) is 20.9 Å². The molecule has 0 aromatic carbocycles. The summed E-state index contributed by atoms with van der Waals surface area (Å²) in [4.78, 5) is 12.3. The van der Waals surface area contributed by atoms with Gasteiger partial charge in [-0.1, -0.05) is 5.92 Å². The van der Waals surface area contributed by atoms with Gasteiger partial charge in [0.05, 0.1) is 12.4 Å². The number of nitrogen functional groups attached to an aromatic ring is 1. The molecule has 4 heterocycles. The highest BCUT2D eigenvalue weighted by atomic mass is 35.5. The van der Waals surface area contributed by atoms with Crippen LogP contribution < -0.4 is 5.73 Å². The van der Waals surface area contributed by atoms with Gasteiger partial charge in [-0.3, -0.25) is 18.1 Å². The smallest absolute Gasteiger partial charge is 0.382 e. The van der Waals surface area contributed by atoms with Crippen molar-refractivity contribution in [3.05, 3.63) is 11.6 Å². The molecule has 4 atom stereocenters. The molecule has 2 aliphatic heterocycles. The fourth-order valence-corrected chi connectivity index (χ4v) is 4.91. The summed E-state index contributed by atoms with van der Waals surface area (Å²) in [7, 11) is -3.73. The molecule has 0 saturated carbocycles. The Morgan fingerprint density at radius 3 is 3.04 bits per heavy atom. The van der Waals surface area contributed by atoms with Crippen LogP contribution in [-0.2, 0) is 22.9 Å². The number of phosphoric acid groups is 1. The molecule has 0 amide bonds. The van der Waals surface area contributed by atoms with Crippen LogP contribution in [0.4, 0.5) is 5.82 Å². The molecular weight excluding hydrogens is 397 g/mol. The van der Waals surface area contributed by atoms with Crippen molar-refractivity contribution < 1.29 is 22.9 Å². The first-order valence-electron chi connectivity index (χ1n) is 8.18. The van der Waals surface area contributed by atoms with Gasteiger partial charge in [-0.25, -0.2) is 9.55 Å². The van der Waals surface area contributed by atoms with Gasteiger partial charge < -0.3 is 10.5 Å². The lowest BCUT2D eigenvalue weighted by Gasteiger charge is -2.36. The summed E-state index contributed by atoms with van der Waals surface area (Å²) in [5.41, 5.74) is 5.41. The number of aromatic nitrogens is 4. The van der Waals surface area contributed by atoms with E-state index in [-0.39, 0.29) is 30.2 Å². The first kappa shape index (κ1) is 18.6. The quantitative estimate of drug-likeness (QED) is 0.458. The van der Waals surface area contributed by atoms with Gasteiger partial charge in [-0.15, -0.1) is 6.42 Å². The van der Waals surface area contributed by atoms with Crippen molar-refractivity contribution in [1.82, 2.24) is 19.5 Å². The van der Waals surface area contributed by atoms with Crippen LogP contribution in [0.3, 0.4) is 0 Å². The molecule has 10 nitrogen and oxygen atoms in total. The summed E-state index contributed by atoms with van der Waals surface area (Å²) in [5, 5.41) is -0.0155. The van der Waals surface area contributed by atoms with Crippen LogP contribution in [0.25, 0.3) is 11.2 Å². The highest BCUT2D eigenvalue weighted by Crippen LogP contribution is 2.60. The average Bonchev–Trinajstić information content (AvgIpc) is 3.15. The van der Waals surface area contributed by atoms with E-state index in [9.17, 15) is 4.57 Å². The average molecular weight is 414 g/mol. The minimum absolute atomic E-state index is 0.0155. The summed E-state index contributed by atoms with van der Waals surface area (Å²) in [6, 6.07) is 0. The second-order valence-corrected chi connectivity index (χ2v) is 8.43. The molecule has 2 aliphatic rings. The van der Waals surface area contributed by atoms with Crippen LogP contribution in [0.5, 0.6) is 0 Å². The Balaban J connectivity index is 1.67. The standard InChI is InChI=1S/C15H17ClN5O5P/c1-4-15-6-23-27(22,25-8(2)3)26-9(15)5-10(24-15)21-7-18-11-12(17)19-14(16)20-13(11)21/h1,7-10H,5-6H2,2-3H3,(H2,17,19,20)/t9-,10+,15+,27+/m0/s1. The number of rotatable bonds is 3. The Labute approximate surface area is 159 Å². The largest absolute Gasteiger partial charge is 0.475 e. The summed E-state index contributed by atoms with van der Waals surface area (Å²) >= 11 is 5.91. The molecule has 144 valence electrons. The molecule has 4 rings (SSSR count). The van der Waals surface area contributed by atoms with Gasteiger partial charge in [-0.05, 0) is 25.4 Å². The van der Waals surface area contributed by atoms with E-state index in [0.717, 1.165) is 0 Å². The minimum atomic E-state index is -3.73. The number of nitrogens with two attached hydrogens (primary N) is 1. The number of ether oxygens (including phenoxy) is 1. The molecule has 12 heteroatoms. The molecular formula is C15H17ClN5O5P. The van der Waals surface area contributed by atoms with E-state index >= 15 is 0 Å². The number of nitrogens with zero attached hydrogens (tertiary/aromatic N) is 4. The van der Waals surface area contributed by atoms with E-state index < -0.39 is 25.8 Å². The molecule has 0 spiro atoms. The van der Waals surface area contributed by atoms with Crippen molar-refractivity contribution >= 4 is 36.4 Å². The van der Waals surface area contributed by atoms with Crippen molar-refractivity contribution in [2.24, 2.45) is 0 Å². The van der Waals surface area contributed by atoms with E-state index in [1.165, 1.54) is 6.33 Å². The third-order valence-electron chi connectivity index (χ3n) is 4.29. The van der Waals surface area contributed by atoms with E-state index in [1.54, 1.807) is 18.4 Å². The Morgan fingerprint density at radius 2 is 2.33 bits per heavy atom. The van der Waals surface area contributed by atoms with Crippen LogP contribution in [0.2, 0.25) is 5.28 Å². The summed E-state index contributed by atoms with van der Waals surface area (Å²) in [6.07, 6.45) is 5.84. The highest BCUT2D eigenvalue weighted by molar-refractivity contribution is 7.48. The lowest BCUT2D eigenvalue weighted by molar-refractivity contribution is -0.114.